The third-order valence-electron chi connectivity index (χ3n) is 2.97. The fourth-order valence-corrected chi connectivity index (χ4v) is 1.98. The molecule has 0 saturated carbocycles. The average molecular weight is 336 g/mol. The molecule has 2 rings (SSSR count). The van der Waals surface area contributed by atoms with E-state index < -0.39 is 4.92 Å². The predicted molar refractivity (Wildman–Crippen MR) is 88.9 cm³/mol. The zero-order valence-electron chi connectivity index (χ0n) is 12.4. The van der Waals surface area contributed by atoms with Crippen LogP contribution in [-0.4, -0.2) is 25.4 Å². The Bertz CT molecular complexity index is 732. The fourth-order valence-electron chi connectivity index (χ4n) is 1.85. The molecule has 0 fully saturated rings. The van der Waals surface area contributed by atoms with Gasteiger partial charge in [0.15, 0.2) is 0 Å². The number of ether oxygens (including phenoxy) is 2. The number of hydrazone groups is 1. The number of hydrogen-bond donors (Lipinski definition) is 1. The van der Waals surface area contributed by atoms with Crippen LogP contribution in [-0.2, 0) is 0 Å². The van der Waals surface area contributed by atoms with Crippen LogP contribution in [0.5, 0.6) is 11.5 Å². The monoisotopic (exact) mass is 335 g/mol. The van der Waals surface area contributed by atoms with Gasteiger partial charge in [-0.05, 0) is 24.3 Å². The van der Waals surface area contributed by atoms with Gasteiger partial charge >= 0.3 is 5.69 Å². The molecule has 0 saturated heterocycles. The van der Waals surface area contributed by atoms with E-state index in [0.29, 0.717) is 16.3 Å². The van der Waals surface area contributed by atoms with Crippen LogP contribution in [0.25, 0.3) is 0 Å². The van der Waals surface area contributed by atoms with E-state index >= 15 is 0 Å². The molecule has 2 aromatic rings. The lowest BCUT2D eigenvalue weighted by Crippen LogP contribution is -1.99. The van der Waals surface area contributed by atoms with Gasteiger partial charge < -0.3 is 9.47 Å². The van der Waals surface area contributed by atoms with Crippen molar-refractivity contribution >= 4 is 29.2 Å². The van der Waals surface area contributed by atoms with E-state index in [1.54, 1.807) is 24.3 Å². The van der Waals surface area contributed by atoms with Crippen molar-refractivity contribution in [3.05, 3.63) is 57.1 Å². The first-order valence-electron chi connectivity index (χ1n) is 6.50. The Hall–Kier alpha value is -2.80. The van der Waals surface area contributed by atoms with Crippen LogP contribution in [0, 0.1) is 10.1 Å². The van der Waals surface area contributed by atoms with Crippen LogP contribution in [0.1, 0.15) is 5.56 Å². The minimum absolute atomic E-state index is 0.120. The molecule has 8 heteroatoms. The van der Waals surface area contributed by atoms with E-state index in [9.17, 15) is 10.1 Å². The minimum atomic E-state index is -0.526. The lowest BCUT2D eigenvalue weighted by atomic mass is 10.1. The SMILES string of the molecule is COc1cc(OC)c([N+](=O)[O-])cc1/C=N/Nc1ccc(Cl)cc1. The van der Waals surface area contributed by atoms with Gasteiger partial charge in [0.1, 0.15) is 5.75 Å². The molecule has 0 spiro atoms. The number of nitro groups is 1. The van der Waals surface area contributed by atoms with Gasteiger partial charge in [0.2, 0.25) is 5.75 Å². The number of nitrogens with one attached hydrogen (secondary N) is 1. The van der Waals surface area contributed by atoms with Gasteiger partial charge in [0.25, 0.3) is 0 Å². The number of nitrogens with zero attached hydrogens (tertiary/aromatic N) is 2. The van der Waals surface area contributed by atoms with Gasteiger partial charge in [0, 0.05) is 22.7 Å². The zero-order chi connectivity index (χ0) is 16.8. The summed E-state index contributed by atoms with van der Waals surface area (Å²) in [6, 6.07) is 9.74. The van der Waals surface area contributed by atoms with Crippen LogP contribution in [0.15, 0.2) is 41.5 Å². The second-order valence-corrected chi connectivity index (χ2v) is 4.84. The molecule has 7 nitrogen and oxygen atoms in total. The molecule has 0 radical (unpaired) electrons. The maximum absolute atomic E-state index is 11.1. The number of anilines is 1. The summed E-state index contributed by atoms with van der Waals surface area (Å²) in [7, 11) is 2.82. The smallest absolute Gasteiger partial charge is 0.311 e. The number of benzene rings is 2. The normalized spacial score (nSPS) is 10.6. The Morgan fingerprint density at radius 2 is 1.83 bits per heavy atom. The summed E-state index contributed by atoms with van der Waals surface area (Å²) in [5, 5.41) is 15.7. The van der Waals surface area contributed by atoms with Gasteiger partial charge in [-0.25, -0.2) is 0 Å². The summed E-state index contributed by atoms with van der Waals surface area (Å²) in [6.45, 7) is 0. The number of nitro benzene ring substituents is 1. The van der Waals surface area contributed by atoms with Gasteiger partial charge in [0.05, 0.1) is 31.0 Å². The highest BCUT2D eigenvalue weighted by molar-refractivity contribution is 6.30. The lowest BCUT2D eigenvalue weighted by Gasteiger charge is -2.08. The molecule has 0 amide bonds. The van der Waals surface area contributed by atoms with E-state index in [1.807, 2.05) is 0 Å². The van der Waals surface area contributed by atoms with Gasteiger partial charge in [-0.1, -0.05) is 11.6 Å². The van der Waals surface area contributed by atoms with Crippen LogP contribution in [0.2, 0.25) is 5.02 Å². The second kappa shape index (κ2) is 7.46. The van der Waals surface area contributed by atoms with E-state index in [4.69, 9.17) is 21.1 Å². The first-order chi connectivity index (χ1) is 11.0. The highest BCUT2D eigenvalue weighted by Crippen LogP contribution is 2.33. The van der Waals surface area contributed by atoms with Crippen LogP contribution in [0.4, 0.5) is 11.4 Å². The number of halogens is 1. The van der Waals surface area contributed by atoms with Crippen molar-refractivity contribution in [1.29, 1.82) is 0 Å². The van der Waals surface area contributed by atoms with Crippen molar-refractivity contribution < 1.29 is 14.4 Å². The van der Waals surface area contributed by atoms with Crippen molar-refractivity contribution in [2.45, 2.75) is 0 Å². The first kappa shape index (κ1) is 16.6. The zero-order valence-corrected chi connectivity index (χ0v) is 13.2. The van der Waals surface area contributed by atoms with Crippen molar-refractivity contribution in [1.82, 2.24) is 0 Å². The molecule has 0 aliphatic carbocycles. The van der Waals surface area contributed by atoms with Crippen molar-refractivity contribution in [3.63, 3.8) is 0 Å². The molecule has 23 heavy (non-hydrogen) atoms. The lowest BCUT2D eigenvalue weighted by molar-refractivity contribution is -0.385. The molecule has 0 unspecified atom stereocenters. The summed E-state index contributed by atoms with van der Waals surface area (Å²) in [5.41, 5.74) is 3.81. The fraction of sp³-hybridized carbons (Fsp3) is 0.133. The standard InChI is InChI=1S/C15H14ClN3O4/c1-22-14-8-15(23-2)13(19(20)21)7-10(14)9-17-18-12-5-3-11(16)4-6-12/h3-9,18H,1-2H3/b17-9+. The Morgan fingerprint density at radius 1 is 1.17 bits per heavy atom. The van der Waals surface area contributed by atoms with Gasteiger partial charge in [-0.15, -0.1) is 0 Å². The largest absolute Gasteiger partial charge is 0.496 e. The molecular weight excluding hydrogens is 322 g/mol. The first-order valence-corrected chi connectivity index (χ1v) is 6.88. The summed E-state index contributed by atoms with van der Waals surface area (Å²) < 4.78 is 10.2. The Balaban J connectivity index is 2.26. The van der Waals surface area contributed by atoms with E-state index in [1.165, 1.54) is 32.6 Å². The summed E-state index contributed by atoms with van der Waals surface area (Å²) in [6.07, 6.45) is 1.43. The quantitative estimate of drug-likeness (QED) is 0.494. The molecule has 1 N–H and O–H groups in total. The summed E-state index contributed by atoms with van der Waals surface area (Å²) in [5.74, 6) is 0.531. The third kappa shape index (κ3) is 4.10. The molecular formula is C15H14ClN3O4. The minimum Gasteiger partial charge on any atom is -0.496 e. The summed E-state index contributed by atoms with van der Waals surface area (Å²) >= 11 is 5.80. The molecule has 0 aromatic heterocycles. The Kier molecular flexibility index (Phi) is 5.37. The van der Waals surface area contributed by atoms with Gasteiger partial charge in [-0.2, -0.15) is 5.10 Å². The highest BCUT2D eigenvalue weighted by atomic mass is 35.5. The maximum atomic E-state index is 11.1. The molecule has 0 bridgehead atoms. The Labute approximate surface area is 137 Å². The molecule has 0 aliphatic rings. The topological polar surface area (TPSA) is 86.0 Å². The van der Waals surface area contributed by atoms with Crippen molar-refractivity contribution in [2.24, 2.45) is 5.10 Å². The number of hydrogen-bond acceptors (Lipinski definition) is 6. The highest BCUT2D eigenvalue weighted by Gasteiger charge is 2.18. The second-order valence-electron chi connectivity index (χ2n) is 4.40. The molecule has 2 aromatic carbocycles. The van der Waals surface area contributed by atoms with E-state index in [2.05, 4.69) is 10.5 Å². The number of rotatable bonds is 6. The van der Waals surface area contributed by atoms with Crippen LogP contribution < -0.4 is 14.9 Å². The molecule has 120 valence electrons. The maximum Gasteiger partial charge on any atom is 0.311 e. The molecule has 0 aliphatic heterocycles. The summed E-state index contributed by atoms with van der Waals surface area (Å²) in [4.78, 5) is 10.5. The van der Waals surface area contributed by atoms with Crippen molar-refractivity contribution in [3.8, 4) is 11.5 Å². The third-order valence-corrected chi connectivity index (χ3v) is 3.22. The van der Waals surface area contributed by atoms with E-state index in [0.717, 1.165) is 5.69 Å². The van der Waals surface area contributed by atoms with E-state index in [-0.39, 0.29) is 11.4 Å². The molecule has 0 atom stereocenters. The Morgan fingerprint density at radius 3 is 2.39 bits per heavy atom. The average Bonchev–Trinajstić information content (AvgIpc) is 2.56. The molecule has 0 heterocycles. The number of methoxy groups -OCH3 is 2. The van der Waals surface area contributed by atoms with Crippen LogP contribution >= 0.6 is 11.6 Å². The van der Waals surface area contributed by atoms with Crippen LogP contribution in [0.3, 0.4) is 0 Å². The van der Waals surface area contributed by atoms with Gasteiger partial charge in [-0.3, -0.25) is 15.5 Å². The predicted octanol–water partition coefficient (Wildman–Crippen LogP) is 3.71. The van der Waals surface area contributed by atoms with Crippen molar-refractivity contribution in [2.75, 3.05) is 19.6 Å².